The summed E-state index contributed by atoms with van der Waals surface area (Å²) in [6, 6.07) is 3.61. The van der Waals surface area contributed by atoms with Gasteiger partial charge in [0.1, 0.15) is 0 Å². The molecule has 0 unspecified atom stereocenters. The highest BCUT2D eigenvalue weighted by Crippen LogP contribution is 2.47. The quantitative estimate of drug-likeness (QED) is 0.870. The number of hydrogen-bond donors (Lipinski definition) is 2. The molecule has 1 fully saturated rings. The number of rotatable bonds is 3. The van der Waals surface area contributed by atoms with Crippen molar-refractivity contribution in [3.63, 3.8) is 0 Å². The van der Waals surface area contributed by atoms with Gasteiger partial charge in [0.15, 0.2) is 0 Å². The van der Waals surface area contributed by atoms with Crippen LogP contribution in [-0.2, 0) is 0 Å². The van der Waals surface area contributed by atoms with Crippen LogP contribution in [0, 0.1) is 18.3 Å². The molecule has 4 heteroatoms. The third-order valence-electron chi connectivity index (χ3n) is 3.63. The highest BCUT2D eigenvalue weighted by atomic mass is 16.2. The molecular formula is C15H19N3O. The number of nitrogens with one attached hydrogen (secondary N) is 1. The standard InChI is InChI=1S/C15H19N3O/c1-8(2)13-9(3)11(7-16)6-12(10-4-5-10)14(13)18-15(17)19/h6,8,10H,4-5H2,1-3H3,(H3,17,18,19). The number of urea groups is 1. The summed E-state index contributed by atoms with van der Waals surface area (Å²) in [5.74, 6) is 0.680. The molecule has 0 radical (unpaired) electrons. The molecular weight excluding hydrogens is 238 g/mol. The monoisotopic (exact) mass is 257 g/mol. The Hall–Kier alpha value is -2.02. The van der Waals surface area contributed by atoms with Gasteiger partial charge in [0.05, 0.1) is 11.6 Å². The molecule has 1 saturated carbocycles. The second-order valence-corrected chi connectivity index (χ2v) is 5.46. The molecule has 1 aliphatic carbocycles. The Morgan fingerprint density at radius 1 is 1.53 bits per heavy atom. The van der Waals surface area contributed by atoms with E-state index in [1.165, 1.54) is 0 Å². The van der Waals surface area contributed by atoms with Crippen molar-refractivity contribution in [2.75, 3.05) is 5.32 Å². The van der Waals surface area contributed by atoms with Crippen LogP contribution in [-0.4, -0.2) is 6.03 Å². The van der Waals surface area contributed by atoms with Gasteiger partial charge in [0.2, 0.25) is 0 Å². The van der Waals surface area contributed by atoms with E-state index in [0.29, 0.717) is 11.5 Å². The number of amides is 2. The molecule has 100 valence electrons. The third kappa shape index (κ3) is 2.55. The molecule has 1 aromatic carbocycles. The lowest BCUT2D eigenvalue weighted by atomic mass is 9.88. The Morgan fingerprint density at radius 2 is 2.16 bits per heavy atom. The molecule has 0 aromatic heterocycles. The maximum absolute atomic E-state index is 11.3. The molecule has 1 aromatic rings. The second kappa shape index (κ2) is 4.93. The van der Waals surface area contributed by atoms with Crippen LogP contribution in [0.2, 0.25) is 0 Å². The molecule has 0 spiro atoms. The molecule has 0 atom stereocenters. The molecule has 0 aliphatic heterocycles. The number of nitriles is 1. The van der Waals surface area contributed by atoms with Crippen molar-refractivity contribution in [1.82, 2.24) is 0 Å². The van der Waals surface area contributed by atoms with Crippen molar-refractivity contribution in [2.45, 2.75) is 45.4 Å². The molecule has 2 amide bonds. The summed E-state index contributed by atoms with van der Waals surface area (Å²) < 4.78 is 0. The number of benzene rings is 1. The Balaban J connectivity index is 2.68. The van der Waals surface area contributed by atoms with E-state index in [-0.39, 0.29) is 5.92 Å². The molecule has 4 nitrogen and oxygen atoms in total. The van der Waals surface area contributed by atoms with Crippen molar-refractivity contribution in [3.05, 3.63) is 28.3 Å². The van der Waals surface area contributed by atoms with Crippen molar-refractivity contribution in [3.8, 4) is 6.07 Å². The maximum Gasteiger partial charge on any atom is 0.316 e. The van der Waals surface area contributed by atoms with Crippen LogP contribution in [0.15, 0.2) is 6.07 Å². The molecule has 0 saturated heterocycles. The molecule has 19 heavy (non-hydrogen) atoms. The fourth-order valence-corrected chi connectivity index (χ4v) is 2.64. The topological polar surface area (TPSA) is 78.9 Å². The first-order chi connectivity index (χ1) is 8.95. The molecule has 0 bridgehead atoms. The minimum absolute atomic E-state index is 0.229. The van der Waals surface area contributed by atoms with E-state index in [0.717, 1.165) is 35.2 Å². The van der Waals surface area contributed by atoms with E-state index < -0.39 is 6.03 Å². The number of carbonyl (C=O) groups is 1. The summed E-state index contributed by atoms with van der Waals surface area (Å²) in [6.07, 6.45) is 2.22. The van der Waals surface area contributed by atoms with Gasteiger partial charge in [-0.05, 0) is 54.4 Å². The zero-order chi connectivity index (χ0) is 14.2. The molecule has 1 aliphatic rings. The third-order valence-corrected chi connectivity index (χ3v) is 3.63. The first kappa shape index (κ1) is 13.4. The fraction of sp³-hybridized carbons (Fsp3) is 0.467. The van der Waals surface area contributed by atoms with Crippen LogP contribution >= 0.6 is 0 Å². The Morgan fingerprint density at radius 3 is 2.58 bits per heavy atom. The minimum atomic E-state index is -0.548. The number of primary amides is 1. The highest BCUT2D eigenvalue weighted by molar-refractivity contribution is 5.91. The SMILES string of the molecule is Cc1c(C#N)cc(C2CC2)c(NC(N)=O)c1C(C)C. The second-order valence-electron chi connectivity index (χ2n) is 5.46. The molecule has 0 heterocycles. The van der Waals surface area contributed by atoms with Gasteiger partial charge in [-0.15, -0.1) is 0 Å². The Labute approximate surface area is 113 Å². The first-order valence-corrected chi connectivity index (χ1v) is 6.59. The number of nitrogens with two attached hydrogens (primary N) is 1. The van der Waals surface area contributed by atoms with E-state index in [1.54, 1.807) is 0 Å². The lowest BCUT2D eigenvalue weighted by molar-refractivity contribution is 0.259. The largest absolute Gasteiger partial charge is 0.351 e. The van der Waals surface area contributed by atoms with Gasteiger partial charge in [-0.2, -0.15) is 5.26 Å². The summed E-state index contributed by atoms with van der Waals surface area (Å²) in [7, 11) is 0. The van der Waals surface area contributed by atoms with Gasteiger partial charge >= 0.3 is 6.03 Å². The lowest BCUT2D eigenvalue weighted by Crippen LogP contribution is -2.22. The number of anilines is 1. The normalized spacial score (nSPS) is 14.3. The van der Waals surface area contributed by atoms with Gasteiger partial charge < -0.3 is 11.1 Å². The predicted octanol–water partition coefficient (Wildman–Crippen LogP) is 3.36. The van der Waals surface area contributed by atoms with Gasteiger partial charge in [0.25, 0.3) is 0 Å². The van der Waals surface area contributed by atoms with Gasteiger partial charge in [-0.25, -0.2) is 4.79 Å². The first-order valence-electron chi connectivity index (χ1n) is 6.59. The van der Waals surface area contributed by atoms with Crippen LogP contribution in [0.5, 0.6) is 0 Å². The van der Waals surface area contributed by atoms with Gasteiger partial charge in [0, 0.05) is 5.69 Å². The summed E-state index contributed by atoms with van der Waals surface area (Å²) in [6.45, 7) is 6.05. The van der Waals surface area contributed by atoms with E-state index in [2.05, 4.69) is 25.2 Å². The lowest BCUT2D eigenvalue weighted by Gasteiger charge is -2.21. The summed E-state index contributed by atoms with van der Waals surface area (Å²) in [5.41, 5.74) is 9.83. The van der Waals surface area contributed by atoms with Crippen molar-refractivity contribution < 1.29 is 4.79 Å². The van der Waals surface area contributed by atoms with Crippen molar-refractivity contribution in [1.29, 1.82) is 5.26 Å². The predicted molar refractivity (Wildman–Crippen MR) is 75.2 cm³/mol. The number of hydrogen-bond acceptors (Lipinski definition) is 2. The van der Waals surface area contributed by atoms with E-state index >= 15 is 0 Å². The van der Waals surface area contributed by atoms with E-state index in [1.807, 2.05) is 13.0 Å². The average molecular weight is 257 g/mol. The van der Waals surface area contributed by atoms with Crippen LogP contribution in [0.1, 0.15) is 60.8 Å². The summed E-state index contributed by atoms with van der Waals surface area (Å²) >= 11 is 0. The zero-order valence-electron chi connectivity index (χ0n) is 11.6. The van der Waals surface area contributed by atoms with E-state index in [4.69, 9.17) is 5.73 Å². The van der Waals surface area contributed by atoms with Crippen LogP contribution in [0.4, 0.5) is 10.5 Å². The van der Waals surface area contributed by atoms with Gasteiger partial charge in [-0.3, -0.25) is 0 Å². The summed E-state index contributed by atoms with van der Waals surface area (Å²) in [4.78, 5) is 11.3. The summed E-state index contributed by atoms with van der Waals surface area (Å²) in [5, 5.41) is 12.0. The number of carbonyl (C=O) groups excluding carboxylic acids is 1. The Bertz CT molecular complexity index is 566. The average Bonchev–Trinajstić information content (AvgIpc) is 3.12. The van der Waals surface area contributed by atoms with Crippen LogP contribution in [0.25, 0.3) is 0 Å². The van der Waals surface area contributed by atoms with Crippen LogP contribution in [0.3, 0.4) is 0 Å². The number of nitrogens with zero attached hydrogens (tertiary/aromatic N) is 1. The Kier molecular flexibility index (Phi) is 3.48. The smallest absolute Gasteiger partial charge is 0.316 e. The van der Waals surface area contributed by atoms with Gasteiger partial charge in [-0.1, -0.05) is 13.8 Å². The minimum Gasteiger partial charge on any atom is -0.351 e. The molecule has 3 N–H and O–H groups in total. The fourth-order valence-electron chi connectivity index (χ4n) is 2.64. The van der Waals surface area contributed by atoms with Crippen LogP contribution < -0.4 is 11.1 Å². The maximum atomic E-state index is 11.3. The molecule has 2 rings (SSSR count). The van der Waals surface area contributed by atoms with Crippen molar-refractivity contribution >= 4 is 11.7 Å². The zero-order valence-corrected chi connectivity index (χ0v) is 11.6. The van der Waals surface area contributed by atoms with Crippen molar-refractivity contribution in [2.24, 2.45) is 5.73 Å². The van der Waals surface area contributed by atoms with E-state index in [9.17, 15) is 10.1 Å². The highest BCUT2D eigenvalue weighted by Gasteiger charge is 2.30.